The SMILES string of the molecule is [Pd+2].[c-]1c(Oc2[c-]c3c(cc2)c2ccccc2n3-c2ccccn2)ccc2c1c1nc3ccccc3n1c1ccc(-c3ccccc3)c(-c3ccccc3)c21. The number of rotatable bonds is 5. The van der Waals surface area contributed by atoms with Crippen molar-refractivity contribution in [2.75, 3.05) is 0 Å². The second-order valence-electron chi connectivity index (χ2n) is 13.2. The molecule has 0 N–H and O–H groups in total. The molecule has 0 bridgehead atoms. The van der Waals surface area contributed by atoms with E-state index in [1.165, 1.54) is 11.1 Å². The molecule has 0 aliphatic rings. The summed E-state index contributed by atoms with van der Waals surface area (Å²) in [7, 11) is 0. The van der Waals surface area contributed by atoms with E-state index in [2.05, 4.69) is 153 Å². The maximum Gasteiger partial charge on any atom is 2.00 e. The van der Waals surface area contributed by atoms with Crippen LogP contribution in [0.2, 0.25) is 0 Å². The molecule has 0 amide bonds. The molecule has 0 saturated heterocycles. The molecule has 7 aromatic carbocycles. The molecule has 0 aliphatic heterocycles. The van der Waals surface area contributed by atoms with Crippen LogP contribution < -0.4 is 4.74 Å². The Labute approximate surface area is 324 Å². The van der Waals surface area contributed by atoms with Crippen molar-refractivity contribution >= 4 is 60.2 Å². The van der Waals surface area contributed by atoms with Crippen LogP contribution in [0.4, 0.5) is 0 Å². The second kappa shape index (κ2) is 12.8. The van der Waals surface area contributed by atoms with Crippen LogP contribution in [0.3, 0.4) is 0 Å². The Morgan fingerprint density at radius 3 is 2.00 bits per heavy atom. The van der Waals surface area contributed by atoms with Gasteiger partial charge in [-0.15, -0.1) is 29.7 Å². The average Bonchev–Trinajstić information content (AvgIpc) is 3.78. The number of para-hydroxylation sites is 3. The second-order valence-corrected chi connectivity index (χ2v) is 13.2. The number of nitrogens with zero attached hydrogens (tertiary/aromatic N) is 4. The zero-order valence-electron chi connectivity index (χ0n) is 28.7. The maximum atomic E-state index is 6.64. The van der Waals surface area contributed by atoms with Crippen molar-refractivity contribution in [3.63, 3.8) is 0 Å². The molecule has 11 rings (SSSR count). The van der Waals surface area contributed by atoms with Crippen LogP contribution in [-0.2, 0) is 20.4 Å². The summed E-state index contributed by atoms with van der Waals surface area (Å²) in [5.41, 5.74) is 10.5. The van der Waals surface area contributed by atoms with Gasteiger partial charge in [0.25, 0.3) is 0 Å². The minimum atomic E-state index is 0. The Kier molecular flexibility index (Phi) is 7.62. The van der Waals surface area contributed by atoms with E-state index < -0.39 is 0 Å². The minimum absolute atomic E-state index is 0. The Morgan fingerprint density at radius 2 is 1.20 bits per heavy atom. The fourth-order valence-corrected chi connectivity index (χ4v) is 7.95. The third-order valence-electron chi connectivity index (χ3n) is 10.2. The van der Waals surface area contributed by atoms with Gasteiger partial charge in [-0.25, -0.2) is 4.98 Å². The Bertz CT molecular complexity index is 3190. The first-order valence-corrected chi connectivity index (χ1v) is 17.7. The van der Waals surface area contributed by atoms with E-state index in [0.29, 0.717) is 11.5 Å². The third-order valence-corrected chi connectivity index (χ3v) is 10.2. The van der Waals surface area contributed by atoms with Gasteiger partial charge in [0.05, 0.1) is 16.7 Å². The Hall–Kier alpha value is -6.58. The first kappa shape index (κ1) is 32.1. The van der Waals surface area contributed by atoms with Gasteiger partial charge in [-0.2, -0.15) is 6.07 Å². The van der Waals surface area contributed by atoms with Crippen LogP contribution in [0.25, 0.3) is 88.2 Å². The molecule has 4 aromatic heterocycles. The summed E-state index contributed by atoms with van der Waals surface area (Å²) < 4.78 is 11.1. The van der Waals surface area contributed by atoms with Gasteiger partial charge in [-0.05, 0) is 69.4 Å². The zero-order chi connectivity index (χ0) is 34.9. The van der Waals surface area contributed by atoms with Gasteiger partial charge in [-0.1, -0.05) is 125 Å². The van der Waals surface area contributed by atoms with Gasteiger partial charge in [-0.3, -0.25) is 4.98 Å². The normalized spacial score (nSPS) is 11.6. The number of imidazole rings is 1. The van der Waals surface area contributed by atoms with E-state index in [1.807, 2.05) is 42.6 Å². The molecule has 0 atom stereocenters. The predicted octanol–water partition coefficient (Wildman–Crippen LogP) is 12.0. The number of aromatic nitrogens is 4. The first-order valence-electron chi connectivity index (χ1n) is 17.7. The minimum Gasteiger partial charge on any atom is -0.503 e. The monoisotopic (exact) mass is 782 g/mol. The molecule has 0 fully saturated rings. The molecule has 0 radical (unpaired) electrons. The molecule has 11 aromatic rings. The van der Waals surface area contributed by atoms with Gasteiger partial charge >= 0.3 is 20.4 Å². The van der Waals surface area contributed by atoms with Crippen molar-refractivity contribution in [1.82, 2.24) is 18.9 Å². The molecule has 0 spiro atoms. The summed E-state index contributed by atoms with van der Waals surface area (Å²) in [6.45, 7) is 0. The van der Waals surface area contributed by atoms with Gasteiger partial charge in [0.15, 0.2) is 0 Å². The number of pyridine rings is 2. The molecule has 0 unspecified atom stereocenters. The number of hydrogen-bond donors (Lipinski definition) is 0. The number of ether oxygens (including phenoxy) is 1. The molecule has 5 nitrogen and oxygen atoms in total. The van der Waals surface area contributed by atoms with E-state index in [-0.39, 0.29) is 20.4 Å². The van der Waals surface area contributed by atoms with E-state index >= 15 is 0 Å². The topological polar surface area (TPSA) is 44.3 Å². The standard InChI is InChI=1S/C48H28N4O.Pd/c1-3-13-31(14-4-1)35-26-27-43-47(46(35)32-15-5-2-6-16-32)38-25-23-33(29-39(38)48-50-40-18-8-10-20-42(40)52(43)48)53-34-22-24-37-36-17-7-9-19-41(36)51(44(37)30-34)45-21-11-12-28-49-45;/h1-28H;/q-2;+2. The summed E-state index contributed by atoms with van der Waals surface area (Å²) in [6.07, 6.45) is 1.82. The quantitative estimate of drug-likeness (QED) is 0.0992. The first-order chi connectivity index (χ1) is 26.3. The van der Waals surface area contributed by atoms with Crippen LogP contribution in [0.5, 0.6) is 11.5 Å². The Balaban J connectivity index is 0.00000361. The molecule has 0 saturated carbocycles. The zero-order valence-corrected chi connectivity index (χ0v) is 30.2. The van der Waals surface area contributed by atoms with Gasteiger partial charge in [0.1, 0.15) is 5.82 Å². The average molecular weight is 783 g/mol. The van der Waals surface area contributed by atoms with Gasteiger partial charge in [0.2, 0.25) is 0 Å². The Morgan fingerprint density at radius 1 is 0.519 bits per heavy atom. The van der Waals surface area contributed by atoms with Crippen LogP contribution in [-0.4, -0.2) is 18.9 Å². The van der Waals surface area contributed by atoms with Crippen molar-refractivity contribution in [2.45, 2.75) is 0 Å². The van der Waals surface area contributed by atoms with Crippen LogP contribution in [0.15, 0.2) is 170 Å². The van der Waals surface area contributed by atoms with Crippen molar-refractivity contribution in [3.05, 3.63) is 182 Å². The smallest absolute Gasteiger partial charge is 0.503 e. The fraction of sp³-hybridized carbons (Fsp3) is 0. The van der Waals surface area contributed by atoms with Crippen LogP contribution >= 0.6 is 0 Å². The van der Waals surface area contributed by atoms with E-state index in [9.17, 15) is 0 Å². The maximum absolute atomic E-state index is 6.64. The summed E-state index contributed by atoms with van der Waals surface area (Å²) in [6, 6.07) is 63.9. The summed E-state index contributed by atoms with van der Waals surface area (Å²) >= 11 is 0. The number of fused-ring (bicyclic) bond motifs is 11. The van der Waals surface area contributed by atoms with E-state index in [1.54, 1.807) is 0 Å². The van der Waals surface area contributed by atoms with Crippen LogP contribution in [0, 0.1) is 12.1 Å². The third kappa shape index (κ3) is 4.96. The van der Waals surface area contributed by atoms with E-state index in [0.717, 1.165) is 77.1 Å². The fourth-order valence-electron chi connectivity index (χ4n) is 7.95. The summed E-state index contributed by atoms with van der Waals surface area (Å²) in [5, 5.41) is 5.30. The molecule has 4 heterocycles. The molecule has 0 aliphatic carbocycles. The largest absolute Gasteiger partial charge is 2.00 e. The van der Waals surface area contributed by atoms with E-state index in [4.69, 9.17) is 9.72 Å². The van der Waals surface area contributed by atoms with Crippen molar-refractivity contribution in [2.24, 2.45) is 0 Å². The molecular weight excluding hydrogens is 755 g/mol. The van der Waals surface area contributed by atoms with Crippen molar-refractivity contribution < 1.29 is 25.2 Å². The van der Waals surface area contributed by atoms with Crippen molar-refractivity contribution in [3.8, 4) is 39.6 Å². The van der Waals surface area contributed by atoms with Crippen molar-refractivity contribution in [1.29, 1.82) is 0 Å². The summed E-state index contributed by atoms with van der Waals surface area (Å²) in [5.74, 6) is 2.01. The van der Waals surface area contributed by atoms with Gasteiger partial charge in [0, 0.05) is 28.7 Å². The molecule has 6 heteroatoms. The number of hydrogen-bond acceptors (Lipinski definition) is 3. The van der Waals surface area contributed by atoms with Crippen LogP contribution in [0.1, 0.15) is 0 Å². The molecular formula is C48H28N4OPd. The molecule has 256 valence electrons. The van der Waals surface area contributed by atoms with Gasteiger partial charge < -0.3 is 13.7 Å². The summed E-state index contributed by atoms with van der Waals surface area (Å²) in [4.78, 5) is 9.88. The molecule has 54 heavy (non-hydrogen) atoms. The number of benzene rings is 7. The predicted molar refractivity (Wildman–Crippen MR) is 215 cm³/mol.